The number of likely N-dealkylation sites (N-methyl/N-ethyl adjacent to an activating group) is 1. The van der Waals surface area contributed by atoms with Gasteiger partial charge in [0.05, 0.1) is 25.7 Å². The van der Waals surface area contributed by atoms with Gasteiger partial charge < -0.3 is 14.8 Å². The highest BCUT2D eigenvalue weighted by molar-refractivity contribution is 9.10. The summed E-state index contributed by atoms with van der Waals surface area (Å²) in [4.78, 5) is 24.8. The van der Waals surface area contributed by atoms with Gasteiger partial charge in [0.2, 0.25) is 5.91 Å². The Labute approximate surface area is 171 Å². The van der Waals surface area contributed by atoms with Crippen LogP contribution in [0, 0.1) is 17.0 Å². The normalized spacial score (nSPS) is 10.6. The summed E-state index contributed by atoms with van der Waals surface area (Å²) >= 11 is 3.43. The number of nitro groups is 1. The molecule has 0 aliphatic heterocycles. The highest BCUT2D eigenvalue weighted by Crippen LogP contribution is 2.32. The molecule has 0 unspecified atom stereocenters. The van der Waals surface area contributed by atoms with Crippen LogP contribution in [0.1, 0.15) is 11.1 Å². The van der Waals surface area contributed by atoms with Crippen LogP contribution < -0.4 is 14.8 Å². The first-order chi connectivity index (χ1) is 13.2. The van der Waals surface area contributed by atoms with E-state index in [9.17, 15) is 14.9 Å². The van der Waals surface area contributed by atoms with Crippen LogP contribution >= 0.6 is 15.9 Å². The molecule has 0 saturated heterocycles. The lowest BCUT2D eigenvalue weighted by Crippen LogP contribution is -2.30. The molecular formula is C19H22BrN3O5. The number of nitrogens with one attached hydrogen (secondary N) is 1. The Morgan fingerprint density at radius 2 is 1.89 bits per heavy atom. The van der Waals surface area contributed by atoms with Crippen molar-refractivity contribution < 1.29 is 19.2 Å². The van der Waals surface area contributed by atoms with Crippen molar-refractivity contribution in [3.05, 3.63) is 56.0 Å². The summed E-state index contributed by atoms with van der Waals surface area (Å²) in [7, 11) is 4.77. The number of amides is 1. The number of carbonyl (C=O) groups is 1. The molecule has 0 atom stereocenters. The lowest BCUT2D eigenvalue weighted by Gasteiger charge is -2.19. The summed E-state index contributed by atoms with van der Waals surface area (Å²) in [6, 6.07) is 8.53. The fourth-order valence-electron chi connectivity index (χ4n) is 2.77. The van der Waals surface area contributed by atoms with Gasteiger partial charge in [-0.05, 0) is 37.7 Å². The molecule has 0 fully saturated rings. The average molecular weight is 452 g/mol. The highest BCUT2D eigenvalue weighted by Gasteiger charge is 2.19. The van der Waals surface area contributed by atoms with Crippen LogP contribution in [0.5, 0.6) is 11.5 Å². The van der Waals surface area contributed by atoms with Gasteiger partial charge in [-0.2, -0.15) is 0 Å². The summed E-state index contributed by atoms with van der Waals surface area (Å²) in [5, 5.41) is 13.9. The van der Waals surface area contributed by atoms with Gasteiger partial charge in [-0.1, -0.05) is 15.9 Å². The first kappa shape index (κ1) is 21.6. The van der Waals surface area contributed by atoms with Crippen LogP contribution in [0.4, 0.5) is 11.4 Å². The second-order valence-corrected chi connectivity index (χ2v) is 7.19. The lowest BCUT2D eigenvalue weighted by molar-refractivity contribution is -0.385. The van der Waals surface area contributed by atoms with E-state index in [-0.39, 0.29) is 23.9 Å². The molecular weight excluding hydrogens is 430 g/mol. The Morgan fingerprint density at radius 3 is 2.50 bits per heavy atom. The van der Waals surface area contributed by atoms with Crippen LogP contribution in [0.3, 0.4) is 0 Å². The van der Waals surface area contributed by atoms with Crippen molar-refractivity contribution in [3.63, 3.8) is 0 Å². The van der Waals surface area contributed by atoms with Crippen LogP contribution in [0.15, 0.2) is 34.8 Å². The van der Waals surface area contributed by atoms with Gasteiger partial charge in [0.15, 0.2) is 5.75 Å². The lowest BCUT2D eigenvalue weighted by atomic mass is 10.1. The molecule has 0 radical (unpaired) electrons. The third-order valence-corrected chi connectivity index (χ3v) is 4.59. The number of anilines is 1. The topological polar surface area (TPSA) is 93.9 Å². The summed E-state index contributed by atoms with van der Waals surface area (Å²) in [6.07, 6.45) is 0. The Hall–Kier alpha value is -2.65. The third-order valence-electron chi connectivity index (χ3n) is 4.09. The zero-order valence-corrected chi connectivity index (χ0v) is 17.7. The van der Waals surface area contributed by atoms with Gasteiger partial charge in [-0.15, -0.1) is 0 Å². The molecule has 0 aromatic heterocycles. The van der Waals surface area contributed by atoms with E-state index in [0.717, 1.165) is 15.8 Å². The fraction of sp³-hybridized carbons (Fsp3) is 0.316. The van der Waals surface area contributed by atoms with Gasteiger partial charge in [0, 0.05) is 34.4 Å². The van der Waals surface area contributed by atoms with E-state index in [2.05, 4.69) is 21.2 Å². The number of nitro benzene ring substituents is 1. The number of ether oxygens (including phenoxy) is 2. The minimum absolute atomic E-state index is 0.0955. The number of rotatable bonds is 8. The zero-order valence-electron chi connectivity index (χ0n) is 16.1. The molecule has 9 heteroatoms. The maximum Gasteiger partial charge on any atom is 0.311 e. The number of carbonyl (C=O) groups excluding carboxylic acids is 1. The number of nitrogens with zero attached hydrogens (tertiary/aromatic N) is 2. The Morgan fingerprint density at radius 1 is 1.21 bits per heavy atom. The van der Waals surface area contributed by atoms with Crippen LogP contribution in [0.25, 0.3) is 0 Å². The first-order valence-corrected chi connectivity index (χ1v) is 9.18. The first-order valence-electron chi connectivity index (χ1n) is 8.39. The van der Waals surface area contributed by atoms with Gasteiger partial charge in [0.1, 0.15) is 5.75 Å². The minimum Gasteiger partial charge on any atom is -0.496 e. The molecule has 0 bridgehead atoms. The number of aryl methyl sites for hydroxylation is 1. The van der Waals surface area contributed by atoms with Crippen molar-refractivity contribution in [2.75, 3.05) is 33.1 Å². The van der Waals surface area contributed by atoms with E-state index in [4.69, 9.17) is 9.47 Å². The highest BCUT2D eigenvalue weighted by atomic mass is 79.9. The number of hydrogen-bond donors (Lipinski definition) is 1. The molecule has 0 spiro atoms. The number of halogens is 1. The van der Waals surface area contributed by atoms with E-state index in [1.165, 1.54) is 19.2 Å². The van der Waals surface area contributed by atoms with Crippen LogP contribution in [0.2, 0.25) is 0 Å². The summed E-state index contributed by atoms with van der Waals surface area (Å²) in [5.74, 6) is 0.597. The Kier molecular flexibility index (Phi) is 7.36. The largest absolute Gasteiger partial charge is 0.496 e. The van der Waals surface area contributed by atoms with E-state index >= 15 is 0 Å². The molecule has 0 aliphatic carbocycles. The monoisotopic (exact) mass is 451 g/mol. The molecule has 150 valence electrons. The summed E-state index contributed by atoms with van der Waals surface area (Å²) < 4.78 is 11.3. The molecule has 0 aliphatic rings. The molecule has 2 aromatic rings. The molecule has 8 nitrogen and oxygen atoms in total. The fourth-order valence-corrected chi connectivity index (χ4v) is 3.17. The van der Waals surface area contributed by atoms with E-state index in [1.807, 2.05) is 30.1 Å². The zero-order chi connectivity index (χ0) is 20.8. The van der Waals surface area contributed by atoms with Crippen molar-refractivity contribution in [3.8, 4) is 11.5 Å². The molecule has 2 aromatic carbocycles. The van der Waals surface area contributed by atoms with Gasteiger partial charge in [0.25, 0.3) is 0 Å². The van der Waals surface area contributed by atoms with E-state index < -0.39 is 4.92 Å². The number of hydrogen-bond acceptors (Lipinski definition) is 6. The standard InChI is InChI=1S/C19H22BrN3O5/c1-12-7-16(23(25)26)18(28-4)9-15(12)21-19(24)11-22(2)10-13-8-14(20)5-6-17(13)27-3/h5-9H,10-11H2,1-4H3,(H,21,24). The smallest absolute Gasteiger partial charge is 0.311 e. The van der Waals surface area contributed by atoms with Crippen molar-refractivity contribution in [1.82, 2.24) is 4.90 Å². The van der Waals surface area contributed by atoms with Gasteiger partial charge in [-0.25, -0.2) is 0 Å². The molecule has 0 heterocycles. The molecule has 28 heavy (non-hydrogen) atoms. The SMILES string of the molecule is COc1ccc(Br)cc1CN(C)CC(=O)Nc1cc(OC)c([N+](=O)[O-])cc1C. The maximum absolute atomic E-state index is 12.4. The number of benzene rings is 2. The van der Waals surface area contributed by atoms with E-state index in [0.29, 0.717) is 17.8 Å². The van der Waals surface area contributed by atoms with Gasteiger partial charge >= 0.3 is 5.69 Å². The van der Waals surface area contributed by atoms with Crippen LogP contribution in [-0.4, -0.2) is 43.5 Å². The average Bonchev–Trinajstić information content (AvgIpc) is 2.62. The molecule has 1 amide bonds. The maximum atomic E-state index is 12.4. The third kappa shape index (κ3) is 5.43. The second kappa shape index (κ2) is 9.52. The van der Waals surface area contributed by atoms with Gasteiger partial charge in [-0.3, -0.25) is 19.8 Å². The Bertz CT molecular complexity index is 888. The van der Waals surface area contributed by atoms with Crippen molar-refractivity contribution >= 4 is 33.2 Å². The predicted octanol–water partition coefficient (Wildman–Crippen LogP) is 3.75. The van der Waals surface area contributed by atoms with Crippen molar-refractivity contribution in [2.24, 2.45) is 0 Å². The minimum atomic E-state index is -0.517. The Balaban J connectivity index is 2.08. The second-order valence-electron chi connectivity index (χ2n) is 6.27. The van der Waals surface area contributed by atoms with Crippen molar-refractivity contribution in [2.45, 2.75) is 13.5 Å². The molecule has 0 saturated carbocycles. The van der Waals surface area contributed by atoms with Crippen molar-refractivity contribution in [1.29, 1.82) is 0 Å². The molecule has 1 N–H and O–H groups in total. The quantitative estimate of drug-likeness (QED) is 0.485. The predicted molar refractivity (Wildman–Crippen MR) is 110 cm³/mol. The summed E-state index contributed by atoms with van der Waals surface area (Å²) in [6.45, 7) is 2.34. The summed E-state index contributed by atoms with van der Waals surface area (Å²) in [5.41, 5.74) is 1.86. The van der Waals surface area contributed by atoms with Crippen LogP contribution in [-0.2, 0) is 11.3 Å². The van der Waals surface area contributed by atoms with E-state index in [1.54, 1.807) is 14.0 Å². The number of methoxy groups -OCH3 is 2. The molecule has 2 rings (SSSR count).